The number of aliphatic hydroxyl groups excluding tert-OH is 1. The van der Waals surface area contributed by atoms with E-state index in [1.54, 1.807) is 11.9 Å². The van der Waals surface area contributed by atoms with E-state index in [-0.39, 0.29) is 25.1 Å². The number of nitrogens with one attached hydrogen (secondary N) is 1. The van der Waals surface area contributed by atoms with Crippen LogP contribution in [0.1, 0.15) is 17.2 Å². The van der Waals surface area contributed by atoms with Gasteiger partial charge in [-0.3, -0.25) is 4.79 Å². The average molecular weight is 278 g/mol. The summed E-state index contributed by atoms with van der Waals surface area (Å²) in [5.41, 5.74) is 2.26. The molecule has 2 atom stereocenters. The molecule has 1 heterocycles. The van der Waals surface area contributed by atoms with E-state index < -0.39 is 6.10 Å². The number of hydrogen-bond donors (Lipinski definition) is 2. The molecule has 0 saturated heterocycles. The van der Waals surface area contributed by atoms with Gasteiger partial charge in [0.05, 0.1) is 12.7 Å². The maximum absolute atomic E-state index is 12.5. The molecule has 1 aromatic rings. The summed E-state index contributed by atoms with van der Waals surface area (Å²) in [6.07, 6.45) is 0.281. The molecule has 2 rings (SSSR count). The second kappa shape index (κ2) is 6.83. The number of methoxy groups -OCH3 is 1. The van der Waals surface area contributed by atoms with Gasteiger partial charge in [0.1, 0.15) is 6.04 Å². The highest BCUT2D eigenvalue weighted by atomic mass is 16.5. The van der Waals surface area contributed by atoms with Gasteiger partial charge in [-0.2, -0.15) is 0 Å². The third-order valence-corrected chi connectivity index (χ3v) is 3.58. The molecule has 0 fully saturated rings. The summed E-state index contributed by atoms with van der Waals surface area (Å²) >= 11 is 0. The molecule has 0 radical (unpaired) electrons. The maximum Gasteiger partial charge on any atom is 0.244 e. The molecule has 0 aromatic heterocycles. The van der Waals surface area contributed by atoms with E-state index in [1.165, 1.54) is 12.7 Å². The molecule has 110 valence electrons. The first kappa shape index (κ1) is 15.0. The van der Waals surface area contributed by atoms with Gasteiger partial charge >= 0.3 is 0 Å². The number of benzene rings is 1. The Balaban J connectivity index is 2.06. The molecule has 0 aliphatic carbocycles. The Kier molecular flexibility index (Phi) is 5.11. The number of hydrogen-bond acceptors (Lipinski definition) is 4. The largest absolute Gasteiger partial charge is 0.389 e. The van der Waals surface area contributed by atoms with Crippen LogP contribution in [0, 0.1) is 0 Å². The third kappa shape index (κ3) is 3.36. The normalized spacial score (nSPS) is 19.2. The number of likely N-dealkylation sites (N-methyl/N-ethyl adjacent to an activating group) is 1. The Hall–Kier alpha value is -1.43. The fourth-order valence-corrected chi connectivity index (χ4v) is 2.60. The van der Waals surface area contributed by atoms with E-state index in [2.05, 4.69) is 11.4 Å². The van der Waals surface area contributed by atoms with Gasteiger partial charge in [-0.25, -0.2) is 0 Å². The van der Waals surface area contributed by atoms with Crippen LogP contribution in [0.15, 0.2) is 24.3 Å². The lowest BCUT2D eigenvalue weighted by molar-refractivity contribution is -0.134. The lowest BCUT2D eigenvalue weighted by atomic mass is 9.93. The molecule has 1 aliphatic heterocycles. The topological polar surface area (TPSA) is 61.8 Å². The molecule has 0 bridgehead atoms. The zero-order valence-corrected chi connectivity index (χ0v) is 12.0. The predicted octanol–water partition coefficient (Wildman–Crippen LogP) is 0.339. The van der Waals surface area contributed by atoms with Crippen molar-refractivity contribution in [2.24, 2.45) is 0 Å². The van der Waals surface area contributed by atoms with Crippen LogP contribution in [0.4, 0.5) is 0 Å². The van der Waals surface area contributed by atoms with Crippen molar-refractivity contribution < 1.29 is 14.6 Å². The van der Waals surface area contributed by atoms with E-state index in [0.29, 0.717) is 0 Å². The minimum absolute atomic E-state index is 0.0210. The van der Waals surface area contributed by atoms with Gasteiger partial charge in [-0.1, -0.05) is 24.3 Å². The highest BCUT2D eigenvalue weighted by Gasteiger charge is 2.28. The van der Waals surface area contributed by atoms with E-state index in [1.807, 2.05) is 18.2 Å². The van der Waals surface area contributed by atoms with Crippen molar-refractivity contribution >= 4 is 5.91 Å². The molecule has 1 aliphatic rings. The summed E-state index contributed by atoms with van der Waals surface area (Å²) in [5, 5.41) is 13.0. The van der Waals surface area contributed by atoms with Crippen molar-refractivity contribution in [1.29, 1.82) is 0 Å². The molecular weight excluding hydrogens is 256 g/mol. The molecule has 5 heteroatoms. The molecule has 2 N–H and O–H groups in total. The SMILES string of the molecule is COCC(O)CN(C)C(=O)C1NCCc2ccccc21. The number of carbonyl (C=O) groups excluding carboxylic acids is 1. The molecule has 20 heavy (non-hydrogen) atoms. The van der Waals surface area contributed by atoms with Gasteiger partial charge in [0.2, 0.25) is 5.91 Å². The van der Waals surface area contributed by atoms with Gasteiger partial charge in [0, 0.05) is 27.2 Å². The minimum atomic E-state index is -0.659. The van der Waals surface area contributed by atoms with E-state index >= 15 is 0 Å². The van der Waals surface area contributed by atoms with Crippen molar-refractivity contribution in [3.05, 3.63) is 35.4 Å². The van der Waals surface area contributed by atoms with Gasteiger partial charge in [0.25, 0.3) is 0 Å². The zero-order valence-electron chi connectivity index (χ0n) is 12.0. The highest BCUT2D eigenvalue weighted by Crippen LogP contribution is 2.24. The number of ether oxygens (including phenoxy) is 1. The van der Waals surface area contributed by atoms with Crippen molar-refractivity contribution in [3.8, 4) is 0 Å². The standard InChI is InChI=1S/C15H22N2O3/c1-17(9-12(18)10-20-2)15(19)14-13-6-4-3-5-11(13)7-8-16-14/h3-6,12,14,16,18H,7-10H2,1-2H3. The smallest absolute Gasteiger partial charge is 0.244 e. The van der Waals surface area contributed by atoms with Crippen LogP contribution >= 0.6 is 0 Å². The Bertz CT molecular complexity index is 464. The quantitative estimate of drug-likeness (QED) is 0.815. The molecule has 0 spiro atoms. The Labute approximate surface area is 119 Å². The van der Waals surface area contributed by atoms with Crippen LogP contribution in [0.5, 0.6) is 0 Å². The number of rotatable bonds is 5. The number of amides is 1. The van der Waals surface area contributed by atoms with Gasteiger partial charge in [-0.15, -0.1) is 0 Å². The Morgan fingerprint density at radius 1 is 1.55 bits per heavy atom. The average Bonchev–Trinajstić information content (AvgIpc) is 2.46. The molecule has 0 saturated carbocycles. The monoisotopic (exact) mass is 278 g/mol. The Morgan fingerprint density at radius 3 is 3.05 bits per heavy atom. The molecule has 1 aromatic carbocycles. The van der Waals surface area contributed by atoms with Crippen molar-refractivity contribution in [3.63, 3.8) is 0 Å². The van der Waals surface area contributed by atoms with Crippen LogP contribution in [0.25, 0.3) is 0 Å². The van der Waals surface area contributed by atoms with Crippen LogP contribution in [-0.4, -0.2) is 55.9 Å². The molecule has 1 amide bonds. The van der Waals surface area contributed by atoms with E-state index in [0.717, 1.165) is 18.5 Å². The number of fused-ring (bicyclic) bond motifs is 1. The summed E-state index contributed by atoms with van der Waals surface area (Å²) in [6.45, 7) is 1.29. The minimum Gasteiger partial charge on any atom is -0.389 e. The Morgan fingerprint density at radius 2 is 2.30 bits per heavy atom. The van der Waals surface area contributed by atoms with Gasteiger partial charge in [0.15, 0.2) is 0 Å². The number of nitrogens with zero attached hydrogens (tertiary/aromatic N) is 1. The highest BCUT2D eigenvalue weighted by molar-refractivity contribution is 5.83. The second-order valence-corrected chi connectivity index (χ2v) is 5.16. The predicted molar refractivity (Wildman–Crippen MR) is 76.4 cm³/mol. The summed E-state index contributed by atoms with van der Waals surface area (Å²) < 4.78 is 4.88. The number of carbonyl (C=O) groups is 1. The first-order valence-electron chi connectivity index (χ1n) is 6.86. The molecule has 2 unspecified atom stereocenters. The van der Waals surface area contributed by atoms with E-state index in [4.69, 9.17) is 4.74 Å². The van der Waals surface area contributed by atoms with E-state index in [9.17, 15) is 9.90 Å². The fourth-order valence-electron chi connectivity index (χ4n) is 2.60. The van der Waals surface area contributed by atoms with Crippen molar-refractivity contribution in [1.82, 2.24) is 10.2 Å². The zero-order chi connectivity index (χ0) is 14.5. The van der Waals surface area contributed by atoms with Crippen LogP contribution in [0.2, 0.25) is 0 Å². The lowest BCUT2D eigenvalue weighted by Crippen LogP contribution is -2.45. The van der Waals surface area contributed by atoms with Crippen LogP contribution < -0.4 is 5.32 Å². The number of aliphatic hydroxyl groups is 1. The second-order valence-electron chi connectivity index (χ2n) is 5.16. The van der Waals surface area contributed by atoms with Crippen LogP contribution in [-0.2, 0) is 16.0 Å². The van der Waals surface area contributed by atoms with Crippen LogP contribution in [0.3, 0.4) is 0 Å². The molecule has 5 nitrogen and oxygen atoms in total. The maximum atomic E-state index is 12.5. The first-order valence-corrected chi connectivity index (χ1v) is 6.86. The summed E-state index contributed by atoms with van der Waals surface area (Å²) in [4.78, 5) is 14.1. The lowest BCUT2D eigenvalue weighted by Gasteiger charge is -2.30. The summed E-state index contributed by atoms with van der Waals surface area (Å²) in [7, 11) is 3.24. The summed E-state index contributed by atoms with van der Waals surface area (Å²) in [6, 6.07) is 7.68. The summed E-state index contributed by atoms with van der Waals surface area (Å²) in [5.74, 6) is -0.0210. The molecular formula is C15H22N2O3. The van der Waals surface area contributed by atoms with Crippen molar-refractivity contribution in [2.75, 3.05) is 33.9 Å². The third-order valence-electron chi connectivity index (χ3n) is 3.58. The fraction of sp³-hybridized carbons (Fsp3) is 0.533. The first-order chi connectivity index (χ1) is 9.63. The van der Waals surface area contributed by atoms with Gasteiger partial charge < -0.3 is 20.1 Å². The van der Waals surface area contributed by atoms with Crippen molar-refractivity contribution in [2.45, 2.75) is 18.6 Å². The van der Waals surface area contributed by atoms with Gasteiger partial charge in [-0.05, 0) is 17.5 Å².